The summed E-state index contributed by atoms with van der Waals surface area (Å²) < 4.78 is 0. The van der Waals surface area contributed by atoms with E-state index in [1.165, 1.54) is 6.20 Å². The summed E-state index contributed by atoms with van der Waals surface area (Å²) in [6, 6.07) is 0.250. The molecule has 0 bridgehead atoms. The van der Waals surface area contributed by atoms with Gasteiger partial charge in [0.05, 0.1) is 17.5 Å². The van der Waals surface area contributed by atoms with Crippen molar-refractivity contribution in [1.82, 2.24) is 0 Å². The Hall–Kier alpha value is -1.25. The third-order valence-corrected chi connectivity index (χ3v) is 2.11. The molecule has 0 aromatic carbocycles. The van der Waals surface area contributed by atoms with E-state index in [0.29, 0.717) is 11.6 Å². The van der Waals surface area contributed by atoms with E-state index in [9.17, 15) is 0 Å². The molecule has 80 valence electrons. The maximum Gasteiger partial charge on any atom is 0.0818 e. The van der Waals surface area contributed by atoms with E-state index in [2.05, 4.69) is 25.8 Å². The maximum absolute atomic E-state index is 5.71. The van der Waals surface area contributed by atoms with Crippen molar-refractivity contribution < 1.29 is 0 Å². The summed E-state index contributed by atoms with van der Waals surface area (Å²) in [7, 11) is 0. The standard InChI is InChI=1S/C11H21N3/c1-5-6-11(10(13)7-12)14-9(4)8(2)3/h5-9H,12-13H2,1-4H3/b6-5-,10-7?,14-11?/t9-/m0/s1. The second-order valence-electron chi connectivity index (χ2n) is 3.62. The van der Waals surface area contributed by atoms with Gasteiger partial charge in [-0.3, -0.25) is 4.99 Å². The lowest BCUT2D eigenvalue weighted by atomic mass is 10.1. The molecule has 0 radical (unpaired) electrons. The van der Waals surface area contributed by atoms with E-state index in [1.54, 1.807) is 0 Å². The quantitative estimate of drug-likeness (QED) is 0.672. The fourth-order valence-corrected chi connectivity index (χ4v) is 0.826. The lowest BCUT2D eigenvalue weighted by molar-refractivity contribution is 0.532. The largest absolute Gasteiger partial charge is 0.403 e. The van der Waals surface area contributed by atoms with Gasteiger partial charge in [-0.05, 0) is 25.8 Å². The highest BCUT2D eigenvalue weighted by atomic mass is 14.8. The van der Waals surface area contributed by atoms with E-state index < -0.39 is 0 Å². The topological polar surface area (TPSA) is 64.4 Å². The molecule has 0 aliphatic rings. The second kappa shape index (κ2) is 6.24. The summed E-state index contributed by atoms with van der Waals surface area (Å²) in [6.45, 7) is 8.25. The Kier molecular flexibility index (Phi) is 5.68. The maximum atomic E-state index is 5.71. The summed E-state index contributed by atoms with van der Waals surface area (Å²) >= 11 is 0. The van der Waals surface area contributed by atoms with Crippen molar-refractivity contribution in [3.63, 3.8) is 0 Å². The lowest BCUT2D eigenvalue weighted by Crippen LogP contribution is -2.16. The molecule has 0 amide bonds. The molecule has 1 atom stereocenters. The first kappa shape index (κ1) is 12.8. The highest BCUT2D eigenvalue weighted by molar-refractivity contribution is 6.07. The molecular weight excluding hydrogens is 174 g/mol. The molecule has 0 fully saturated rings. The smallest absolute Gasteiger partial charge is 0.0818 e. The highest BCUT2D eigenvalue weighted by Gasteiger charge is 2.06. The van der Waals surface area contributed by atoms with Gasteiger partial charge in [0.2, 0.25) is 0 Å². The molecule has 0 aromatic heterocycles. The summed E-state index contributed by atoms with van der Waals surface area (Å²) in [5, 5.41) is 0. The number of nitrogens with zero attached hydrogens (tertiary/aromatic N) is 1. The van der Waals surface area contributed by atoms with Gasteiger partial charge in [0.1, 0.15) is 0 Å². The zero-order chi connectivity index (χ0) is 11.1. The van der Waals surface area contributed by atoms with Crippen LogP contribution in [-0.4, -0.2) is 11.8 Å². The van der Waals surface area contributed by atoms with Gasteiger partial charge in [0.25, 0.3) is 0 Å². The minimum Gasteiger partial charge on any atom is -0.403 e. The first-order chi connectivity index (χ1) is 6.52. The van der Waals surface area contributed by atoms with Crippen molar-refractivity contribution in [3.8, 4) is 0 Å². The van der Waals surface area contributed by atoms with Crippen molar-refractivity contribution in [1.29, 1.82) is 0 Å². The van der Waals surface area contributed by atoms with Gasteiger partial charge in [-0.25, -0.2) is 0 Å². The van der Waals surface area contributed by atoms with Crippen LogP contribution in [0.5, 0.6) is 0 Å². The molecule has 0 aromatic rings. The van der Waals surface area contributed by atoms with E-state index in [-0.39, 0.29) is 6.04 Å². The van der Waals surface area contributed by atoms with Gasteiger partial charge in [-0.15, -0.1) is 0 Å². The molecule has 3 nitrogen and oxygen atoms in total. The van der Waals surface area contributed by atoms with Crippen LogP contribution in [-0.2, 0) is 0 Å². The van der Waals surface area contributed by atoms with Crippen LogP contribution in [0.3, 0.4) is 0 Å². The Morgan fingerprint density at radius 1 is 1.29 bits per heavy atom. The van der Waals surface area contributed by atoms with Gasteiger partial charge >= 0.3 is 0 Å². The molecule has 0 unspecified atom stereocenters. The molecule has 0 aliphatic heterocycles. The first-order valence-corrected chi connectivity index (χ1v) is 4.91. The molecule has 4 N–H and O–H groups in total. The molecule has 3 heteroatoms. The molecular formula is C11H21N3. The molecule has 0 rings (SSSR count). The third-order valence-electron chi connectivity index (χ3n) is 2.11. The normalized spacial score (nSPS) is 16.6. The van der Waals surface area contributed by atoms with Crippen molar-refractivity contribution in [2.75, 3.05) is 0 Å². The third kappa shape index (κ3) is 4.12. The first-order valence-electron chi connectivity index (χ1n) is 4.91. The monoisotopic (exact) mass is 195 g/mol. The Morgan fingerprint density at radius 2 is 1.86 bits per heavy atom. The van der Waals surface area contributed by atoms with Crippen LogP contribution in [0.25, 0.3) is 0 Å². The average Bonchev–Trinajstić information content (AvgIpc) is 2.15. The van der Waals surface area contributed by atoms with Crippen LogP contribution >= 0.6 is 0 Å². The van der Waals surface area contributed by atoms with Gasteiger partial charge in [-0.2, -0.15) is 0 Å². The highest BCUT2D eigenvalue weighted by Crippen LogP contribution is 2.07. The van der Waals surface area contributed by atoms with E-state index in [4.69, 9.17) is 11.5 Å². The van der Waals surface area contributed by atoms with Gasteiger partial charge in [0, 0.05) is 6.20 Å². The number of hydrogen-bond donors (Lipinski definition) is 2. The fourth-order valence-electron chi connectivity index (χ4n) is 0.826. The summed E-state index contributed by atoms with van der Waals surface area (Å²) in [5.74, 6) is 0.501. The molecule has 0 saturated heterocycles. The summed E-state index contributed by atoms with van der Waals surface area (Å²) in [5.41, 5.74) is 12.3. The summed E-state index contributed by atoms with van der Waals surface area (Å²) in [4.78, 5) is 4.49. The van der Waals surface area contributed by atoms with Crippen molar-refractivity contribution in [2.24, 2.45) is 22.4 Å². The SMILES string of the molecule is C/C=C\C(=N[C@@H](C)C(C)C)C(N)=CN. The number of aliphatic imine (C=N–C) groups is 1. The van der Waals surface area contributed by atoms with Crippen LogP contribution in [0.2, 0.25) is 0 Å². The Bertz CT molecular complexity index is 249. The van der Waals surface area contributed by atoms with Crippen LogP contribution in [0.1, 0.15) is 27.7 Å². The molecule has 0 heterocycles. The number of nitrogens with two attached hydrogens (primary N) is 2. The summed E-state index contributed by atoms with van der Waals surface area (Å²) in [6.07, 6.45) is 5.16. The predicted molar refractivity (Wildman–Crippen MR) is 63.0 cm³/mol. The zero-order valence-corrected chi connectivity index (χ0v) is 9.49. The van der Waals surface area contributed by atoms with Crippen LogP contribution in [0.4, 0.5) is 0 Å². The van der Waals surface area contributed by atoms with E-state index in [0.717, 1.165) is 5.71 Å². The zero-order valence-electron chi connectivity index (χ0n) is 9.49. The van der Waals surface area contributed by atoms with E-state index >= 15 is 0 Å². The van der Waals surface area contributed by atoms with Crippen molar-refractivity contribution in [2.45, 2.75) is 33.7 Å². The lowest BCUT2D eigenvalue weighted by Gasteiger charge is -2.12. The number of rotatable bonds is 4. The van der Waals surface area contributed by atoms with E-state index in [1.807, 2.05) is 19.1 Å². The van der Waals surface area contributed by atoms with Crippen molar-refractivity contribution >= 4 is 5.71 Å². The molecule has 0 spiro atoms. The van der Waals surface area contributed by atoms with Crippen LogP contribution < -0.4 is 11.5 Å². The van der Waals surface area contributed by atoms with Gasteiger partial charge in [0.15, 0.2) is 0 Å². The predicted octanol–water partition coefficient (Wildman–Crippen LogP) is 1.81. The van der Waals surface area contributed by atoms with Crippen molar-refractivity contribution in [3.05, 3.63) is 24.0 Å². The molecule has 14 heavy (non-hydrogen) atoms. The van der Waals surface area contributed by atoms with Gasteiger partial charge in [-0.1, -0.05) is 19.9 Å². The minimum absolute atomic E-state index is 0.250. The Morgan fingerprint density at radius 3 is 2.21 bits per heavy atom. The second-order valence-corrected chi connectivity index (χ2v) is 3.62. The van der Waals surface area contributed by atoms with Crippen LogP contribution in [0, 0.1) is 5.92 Å². The van der Waals surface area contributed by atoms with Gasteiger partial charge < -0.3 is 11.5 Å². The number of hydrogen-bond acceptors (Lipinski definition) is 3. The number of allylic oxidation sites excluding steroid dienone is 2. The fraction of sp³-hybridized carbons (Fsp3) is 0.545. The molecule has 0 saturated carbocycles. The van der Waals surface area contributed by atoms with Crippen LogP contribution in [0.15, 0.2) is 29.0 Å². The Balaban J connectivity index is 4.82. The average molecular weight is 195 g/mol. The molecule has 0 aliphatic carbocycles. The minimum atomic E-state index is 0.250. The Labute approximate surface area is 86.6 Å².